The van der Waals surface area contributed by atoms with Gasteiger partial charge in [0.2, 0.25) is 0 Å². The van der Waals surface area contributed by atoms with Gasteiger partial charge in [-0.1, -0.05) is 152 Å². The van der Waals surface area contributed by atoms with Crippen LogP contribution in [0.2, 0.25) is 0 Å². The smallest absolute Gasteiger partial charge is 0.143 e. The zero-order chi connectivity index (χ0) is 37.5. The van der Waals surface area contributed by atoms with Crippen LogP contribution >= 0.6 is 0 Å². The molecule has 0 saturated carbocycles. The van der Waals surface area contributed by atoms with Gasteiger partial charge in [-0.3, -0.25) is 0 Å². The van der Waals surface area contributed by atoms with Crippen LogP contribution in [0, 0.1) is 0 Å². The summed E-state index contributed by atoms with van der Waals surface area (Å²) in [6, 6.07) is 75.3. The summed E-state index contributed by atoms with van der Waals surface area (Å²) < 4.78 is 6.54. The summed E-state index contributed by atoms with van der Waals surface area (Å²) in [6.45, 7) is 0. The third kappa shape index (κ3) is 5.04. The lowest BCUT2D eigenvalue weighted by atomic mass is 9.89. The summed E-state index contributed by atoms with van der Waals surface area (Å²) in [5.41, 5.74) is 14.2. The van der Waals surface area contributed by atoms with Gasteiger partial charge < -0.3 is 9.32 Å². The van der Waals surface area contributed by atoms with Gasteiger partial charge in [0.05, 0.1) is 0 Å². The normalized spacial score (nSPS) is 13.4. The standard InChI is InChI=1S/C55H35NO/c1-2-11-38(12-3-1)54-48-16-7-6-14-46(48)52-33-39(24-29-49(52)54)35-20-25-41(26-21-35)56(42-28-31-45-40(32-42)19-18-36-10-4-5-13-44(36)45)43-27-22-37-23-30-50-47-15-8-9-17-53(47)57-55(50)51(37)34-43/h1-34,54H. The molecule has 1 heterocycles. The Kier molecular flexibility index (Phi) is 7.02. The molecule has 0 fully saturated rings. The molecule has 0 radical (unpaired) electrons. The fourth-order valence-electron chi connectivity index (χ4n) is 9.41. The molecule has 1 aliphatic carbocycles. The molecule has 266 valence electrons. The third-order valence-corrected chi connectivity index (χ3v) is 12.1. The van der Waals surface area contributed by atoms with Crippen molar-refractivity contribution < 1.29 is 4.42 Å². The maximum atomic E-state index is 6.54. The molecule has 2 nitrogen and oxygen atoms in total. The summed E-state index contributed by atoms with van der Waals surface area (Å²) in [5.74, 6) is 0.241. The van der Waals surface area contributed by atoms with E-state index in [4.69, 9.17) is 4.42 Å². The highest BCUT2D eigenvalue weighted by atomic mass is 16.3. The second kappa shape index (κ2) is 12.6. The van der Waals surface area contributed by atoms with Gasteiger partial charge in [-0.15, -0.1) is 0 Å². The summed E-state index contributed by atoms with van der Waals surface area (Å²) >= 11 is 0. The molecule has 0 saturated heterocycles. The van der Waals surface area contributed by atoms with Crippen molar-refractivity contribution in [1.82, 2.24) is 0 Å². The van der Waals surface area contributed by atoms with Gasteiger partial charge in [0.25, 0.3) is 0 Å². The van der Waals surface area contributed by atoms with Crippen LogP contribution in [-0.2, 0) is 0 Å². The van der Waals surface area contributed by atoms with E-state index in [0.717, 1.165) is 49.8 Å². The average molecular weight is 726 g/mol. The first-order valence-electron chi connectivity index (χ1n) is 19.7. The lowest BCUT2D eigenvalue weighted by molar-refractivity contribution is 0.672. The van der Waals surface area contributed by atoms with Gasteiger partial charge in [0, 0.05) is 39.1 Å². The van der Waals surface area contributed by atoms with Crippen LogP contribution in [0.15, 0.2) is 211 Å². The van der Waals surface area contributed by atoms with Gasteiger partial charge in [-0.2, -0.15) is 0 Å². The van der Waals surface area contributed by atoms with Gasteiger partial charge in [-0.05, 0) is 120 Å². The van der Waals surface area contributed by atoms with E-state index in [1.807, 2.05) is 6.07 Å². The first-order chi connectivity index (χ1) is 28.2. The lowest BCUT2D eigenvalue weighted by Gasteiger charge is -2.26. The van der Waals surface area contributed by atoms with Crippen molar-refractivity contribution >= 4 is 71.3 Å². The molecule has 1 aliphatic rings. The Hall–Kier alpha value is -7.42. The van der Waals surface area contributed by atoms with Crippen LogP contribution in [0.3, 0.4) is 0 Å². The van der Waals surface area contributed by atoms with E-state index >= 15 is 0 Å². The van der Waals surface area contributed by atoms with E-state index in [1.54, 1.807) is 0 Å². The number of hydrogen-bond acceptors (Lipinski definition) is 2. The molecule has 57 heavy (non-hydrogen) atoms. The van der Waals surface area contributed by atoms with E-state index in [2.05, 4.69) is 205 Å². The number of fused-ring (bicyclic) bond motifs is 11. The van der Waals surface area contributed by atoms with Crippen LogP contribution in [0.25, 0.3) is 76.5 Å². The molecule has 0 bridgehead atoms. The molecular weight excluding hydrogens is 691 g/mol. The third-order valence-electron chi connectivity index (χ3n) is 12.1. The predicted octanol–water partition coefficient (Wildman–Crippen LogP) is 15.3. The molecule has 1 atom stereocenters. The van der Waals surface area contributed by atoms with Gasteiger partial charge >= 0.3 is 0 Å². The number of hydrogen-bond donors (Lipinski definition) is 0. The molecule has 1 aromatic heterocycles. The maximum absolute atomic E-state index is 6.54. The van der Waals surface area contributed by atoms with Crippen LogP contribution in [-0.4, -0.2) is 0 Å². The number of furan rings is 1. The summed E-state index contributed by atoms with van der Waals surface area (Å²) in [7, 11) is 0. The minimum absolute atomic E-state index is 0.241. The Morgan fingerprint density at radius 1 is 0.351 bits per heavy atom. The van der Waals surface area contributed by atoms with Crippen molar-refractivity contribution in [3.05, 3.63) is 223 Å². The fraction of sp³-hybridized carbons (Fsp3) is 0.0182. The number of rotatable bonds is 5. The van der Waals surface area contributed by atoms with E-state index in [1.165, 1.54) is 60.5 Å². The SMILES string of the molecule is c1ccc(C2c3ccccc3-c3cc(-c4ccc(N(c5ccc6c(ccc7ccccc76)c5)c5ccc6ccc7c8ccccc8oc7c6c5)cc4)ccc32)cc1. The topological polar surface area (TPSA) is 16.4 Å². The summed E-state index contributed by atoms with van der Waals surface area (Å²) in [6.07, 6.45) is 0. The quantitative estimate of drug-likeness (QED) is 0.164. The molecule has 0 spiro atoms. The largest absolute Gasteiger partial charge is 0.455 e. The number of benzene rings is 10. The number of para-hydroxylation sites is 1. The molecule has 10 aromatic carbocycles. The number of nitrogens with zero attached hydrogens (tertiary/aromatic N) is 1. The van der Waals surface area contributed by atoms with Gasteiger partial charge in [0.15, 0.2) is 0 Å². The van der Waals surface area contributed by atoms with Crippen molar-refractivity contribution in [3.63, 3.8) is 0 Å². The minimum Gasteiger partial charge on any atom is -0.455 e. The Morgan fingerprint density at radius 2 is 0.965 bits per heavy atom. The number of anilines is 3. The lowest BCUT2D eigenvalue weighted by Crippen LogP contribution is -2.10. The molecule has 0 aliphatic heterocycles. The molecule has 11 aromatic rings. The van der Waals surface area contributed by atoms with E-state index in [0.29, 0.717) is 0 Å². The second-order valence-electron chi connectivity index (χ2n) is 15.3. The Morgan fingerprint density at radius 3 is 1.88 bits per heavy atom. The molecule has 2 heteroatoms. The van der Waals surface area contributed by atoms with Crippen LogP contribution in [0.5, 0.6) is 0 Å². The van der Waals surface area contributed by atoms with E-state index in [9.17, 15) is 0 Å². The molecule has 12 rings (SSSR count). The molecule has 0 N–H and O–H groups in total. The first kappa shape index (κ1) is 31.9. The van der Waals surface area contributed by atoms with Crippen molar-refractivity contribution in [3.8, 4) is 22.3 Å². The Labute approximate surface area is 330 Å². The van der Waals surface area contributed by atoms with Crippen molar-refractivity contribution in [2.24, 2.45) is 0 Å². The van der Waals surface area contributed by atoms with Crippen LogP contribution in [0.1, 0.15) is 22.6 Å². The average Bonchev–Trinajstić information content (AvgIpc) is 3.83. The van der Waals surface area contributed by atoms with E-state index < -0.39 is 0 Å². The first-order valence-corrected chi connectivity index (χ1v) is 19.7. The predicted molar refractivity (Wildman–Crippen MR) is 239 cm³/mol. The Bertz CT molecular complexity index is 3360. The minimum atomic E-state index is 0.241. The van der Waals surface area contributed by atoms with Gasteiger partial charge in [0.1, 0.15) is 11.2 Å². The maximum Gasteiger partial charge on any atom is 0.143 e. The summed E-state index contributed by atoms with van der Waals surface area (Å²) in [4.78, 5) is 2.38. The molecular formula is C55H35NO. The molecule has 0 amide bonds. The van der Waals surface area contributed by atoms with Crippen LogP contribution in [0.4, 0.5) is 17.1 Å². The van der Waals surface area contributed by atoms with Crippen molar-refractivity contribution in [1.29, 1.82) is 0 Å². The highest BCUT2D eigenvalue weighted by Crippen LogP contribution is 2.49. The van der Waals surface area contributed by atoms with Crippen LogP contribution < -0.4 is 4.90 Å². The highest BCUT2D eigenvalue weighted by Gasteiger charge is 2.30. The monoisotopic (exact) mass is 725 g/mol. The highest BCUT2D eigenvalue weighted by molar-refractivity contribution is 6.16. The van der Waals surface area contributed by atoms with Crippen molar-refractivity contribution in [2.45, 2.75) is 5.92 Å². The van der Waals surface area contributed by atoms with Crippen molar-refractivity contribution in [2.75, 3.05) is 4.90 Å². The zero-order valence-corrected chi connectivity index (χ0v) is 31.1. The molecule has 1 unspecified atom stereocenters. The van der Waals surface area contributed by atoms with E-state index in [-0.39, 0.29) is 5.92 Å². The fourth-order valence-corrected chi connectivity index (χ4v) is 9.41. The Balaban J connectivity index is 0.994. The summed E-state index contributed by atoms with van der Waals surface area (Å²) in [5, 5.41) is 9.50. The second-order valence-corrected chi connectivity index (χ2v) is 15.3. The zero-order valence-electron chi connectivity index (χ0n) is 31.1. The van der Waals surface area contributed by atoms with Gasteiger partial charge in [-0.25, -0.2) is 0 Å².